The first-order chi connectivity index (χ1) is 8.65. The molecule has 6 heteroatoms. The van der Waals surface area contributed by atoms with Gasteiger partial charge in [0.1, 0.15) is 5.73 Å². The minimum atomic E-state index is -2.08. The summed E-state index contributed by atoms with van der Waals surface area (Å²) < 4.78 is 17.1. The fourth-order valence-corrected chi connectivity index (χ4v) is 6.25. The van der Waals surface area contributed by atoms with E-state index >= 15 is 0 Å². The Morgan fingerprint density at radius 3 is 2.05 bits per heavy atom. The highest BCUT2D eigenvalue weighted by Crippen LogP contribution is 2.37. The molecule has 19 heavy (non-hydrogen) atoms. The molecule has 2 unspecified atom stereocenters. The van der Waals surface area contributed by atoms with Crippen molar-refractivity contribution in [1.82, 2.24) is 6.15 Å². The lowest BCUT2D eigenvalue weighted by Crippen LogP contribution is -2.58. The molecule has 2 atom stereocenters. The third kappa shape index (κ3) is 5.89. The van der Waals surface area contributed by atoms with E-state index in [0.29, 0.717) is 5.92 Å². The number of rotatable bonds is 5. The molecule has 1 fully saturated rings. The van der Waals surface area contributed by atoms with E-state index in [2.05, 4.69) is 6.92 Å². The quantitative estimate of drug-likeness (QED) is 0.761. The van der Waals surface area contributed by atoms with Crippen molar-refractivity contribution in [3.05, 3.63) is 0 Å². The van der Waals surface area contributed by atoms with E-state index in [-0.39, 0.29) is 11.9 Å². The largest absolute Gasteiger partial charge is 0.396 e. The summed E-state index contributed by atoms with van der Waals surface area (Å²) >= 11 is 0. The van der Waals surface area contributed by atoms with Gasteiger partial charge in [-0.25, -0.2) is 0 Å². The van der Waals surface area contributed by atoms with Gasteiger partial charge >= 0.3 is 8.56 Å². The van der Waals surface area contributed by atoms with Gasteiger partial charge in [0, 0.05) is 21.3 Å². The predicted molar refractivity (Wildman–Crippen MR) is 82.8 cm³/mol. The molecule has 1 aliphatic rings. The predicted octanol–water partition coefficient (Wildman–Crippen LogP) is 2.61. The van der Waals surface area contributed by atoms with E-state index in [9.17, 15) is 0 Å². The minimum absolute atomic E-state index is 0. The highest BCUT2D eigenvalue weighted by molar-refractivity contribution is 6.69. The summed E-state index contributed by atoms with van der Waals surface area (Å²) in [6.45, 7) is 4.88. The number of methoxy groups -OCH3 is 1. The normalized spacial score (nSPS) is 24.9. The summed E-state index contributed by atoms with van der Waals surface area (Å²) in [5.74, 6) is 0.625. The first-order valence-electron chi connectivity index (χ1n) is 6.98. The van der Waals surface area contributed by atoms with Crippen LogP contribution in [0.5, 0.6) is 0 Å². The molecule has 1 saturated heterocycles. The van der Waals surface area contributed by atoms with Crippen molar-refractivity contribution >= 4 is 8.56 Å². The van der Waals surface area contributed by atoms with Crippen molar-refractivity contribution < 1.29 is 13.6 Å². The molecule has 0 amide bonds. The van der Waals surface area contributed by atoms with Gasteiger partial charge in [-0.3, -0.25) is 0 Å². The molecule has 0 aromatic carbocycles. The molecule has 0 saturated carbocycles. The first kappa shape index (κ1) is 21.3. The van der Waals surface area contributed by atoms with Gasteiger partial charge in [0.15, 0.2) is 0 Å². The number of hydrogen-bond donors (Lipinski definition) is 2. The molecule has 5 N–H and O–H groups in total. The summed E-state index contributed by atoms with van der Waals surface area (Å²) in [4.78, 5) is 0. The average molecular weight is 295 g/mol. The molecule has 0 aliphatic carbocycles. The molecule has 0 aromatic rings. The lowest BCUT2D eigenvalue weighted by molar-refractivity contribution is 0.0398. The van der Waals surface area contributed by atoms with Crippen LogP contribution in [0.3, 0.4) is 0 Å². The Morgan fingerprint density at radius 1 is 1.16 bits per heavy atom. The molecule has 1 heterocycles. The van der Waals surface area contributed by atoms with Crippen molar-refractivity contribution in [2.45, 2.75) is 51.3 Å². The van der Waals surface area contributed by atoms with Crippen LogP contribution in [0.4, 0.5) is 0 Å². The van der Waals surface area contributed by atoms with Crippen LogP contribution in [0.2, 0.25) is 6.04 Å². The molecule has 0 spiro atoms. The van der Waals surface area contributed by atoms with Crippen LogP contribution in [0.15, 0.2) is 0 Å². The monoisotopic (exact) mass is 294 g/mol. The van der Waals surface area contributed by atoms with E-state index < -0.39 is 8.56 Å². The average Bonchev–Trinajstić information content (AvgIpc) is 2.39. The Labute approximate surface area is 120 Å². The molecule has 0 bridgehead atoms. The Kier molecular flexibility index (Phi) is 13.3. The maximum atomic E-state index is 5.70. The maximum absolute atomic E-state index is 5.70. The number of hydrogen-bond acceptors (Lipinski definition) is 5. The van der Waals surface area contributed by atoms with Gasteiger partial charge in [0.25, 0.3) is 0 Å². The highest BCUT2D eigenvalue weighted by atomic mass is 28.4. The van der Waals surface area contributed by atoms with Crippen LogP contribution in [-0.4, -0.2) is 42.2 Å². The molecular formula is C13H34N2O3Si. The van der Waals surface area contributed by atoms with Crippen LogP contribution in [0.1, 0.15) is 39.5 Å². The molecular weight excluding hydrogens is 260 g/mol. The minimum Gasteiger partial charge on any atom is -0.396 e. The van der Waals surface area contributed by atoms with Crippen LogP contribution in [0.25, 0.3) is 0 Å². The third-order valence-electron chi connectivity index (χ3n) is 3.57. The van der Waals surface area contributed by atoms with Crippen molar-refractivity contribution in [2.24, 2.45) is 11.7 Å². The van der Waals surface area contributed by atoms with E-state index in [1.165, 1.54) is 25.7 Å². The standard InChI is InChI=1S/C11H24O3Si.C2H7N.H3N/c1-5-7-10-8-6-9-15(13-3,14-4)11(10)12-2;1-2-3;/h10-11H,5-9H2,1-4H3;2-3H2,1H3;1H3. The van der Waals surface area contributed by atoms with Crippen LogP contribution < -0.4 is 11.9 Å². The summed E-state index contributed by atoms with van der Waals surface area (Å²) in [7, 11) is 3.26. The van der Waals surface area contributed by atoms with Gasteiger partial charge in [-0.1, -0.05) is 26.7 Å². The maximum Gasteiger partial charge on any atom is 0.367 e. The Balaban J connectivity index is 0. The Morgan fingerprint density at radius 2 is 1.68 bits per heavy atom. The second-order valence-electron chi connectivity index (χ2n) is 4.73. The second-order valence-corrected chi connectivity index (χ2v) is 8.23. The smallest absolute Gasteiger partial charge is 0.367 e. The lowest BCUT2D eigenvalue weighted by Gasteiger charge is -2.42. The molecule has 118 valence electrons. The lowest BCUT2D eigenvalue weighted by atomic mass is 9.98. The van der Waals surface area contributed by atoms with Crippen LogP contribution in [-0.2, 0) is 13.6 Å². The van der Waals surface area contributed by atoms with Crippen molar-refractivity contribution in [1.29, 1.82) is 0 Å². The van der Waals surface area contributed by atoms with Crippen molar-refractivity contribution in [3.63, 3.8) is 0 Å². The zero-order chi connectivity index (χ0) is 14.0. The van der Waals surface area contributed by atoms with E-state index in [4.69, 9.17) is 19.3 Å². The van der Waals surface area contributed by atoms with Crippen LogP contribution >= 0.6 is 0 Å². The summed E-state index contributed by atoms with van der Waals surface area (Å²) in [5.41, 5.74) is 5.06. The Bertz CT molecular complexity index is 202. The highest BCUT2D eigenvalue weighted by Gasteiger charge is 2.50. The van der Waals surface area contributed by atoms with Gasteiger partial charge in [-0.2, -0.15) is 0 Å². The fourth-order valence-electron chi connectivity index (χ4n) is 2.82. The zero-order valence-corrected chi connectivity index (χ0v) is 14.4. The van der Waals surface area contributed by atoms with Crippen molar-refractivity contribution in [2.75, 3.05) is 27.9 Å². The summed E-state index contributed by atoms with van der Waals surface area (Å²) in [6, 6.07) is 1.07. The topological polar surface area (TPSA) is 88.7 Å². The summed E-state index contributed by atoms with van der Waals surface area (Å²) in [6.07, 6.45) is 4.91. The van der Waals surface area contributed by atoms with Gasteiger partial charge in [-0.05, 0) is 31.3 Å². The Hall–Kier alpha value is 0.0169. The molecule has 1 aliphatic heterocycles. The van der Waals surface area contributed by atoms with E-state index in [1.54, 1.807) is 21.3 Å². The van der Waals surface area contributed by atoms with Crippen LogP contribution in [0, 0.1) is 5.92 Å². The summed E-state index contributed by atoms with van der Waals surface area (Å²) in [5, 5.41) is 0. The van der Waals surface area contributed by atoms with Gasteiger partial charge in [0.2, 0.25) is 0 Å². The van der Waals surface area contributed by atoms with Gasteiger partial charge in [0.05, 0.1) is 0 Å². The molecule has 1 rings (SSSR count). The zero-order valence-electron chi connectivity index (χ0n) is 13.4. The second kappa shape index (κ2) is 11.8. The van der Waals surface area contributed by atoms with Gasteiger partial charge < -0.3 is 25.5 Å². The van der Waals surface area contributed by atoms with E-state index in [0.717, 1.165) is 12.6 Å². The first-order valence-corrected chi connectivity index (χ1v) is 9.08. The molecule has 0 aromatic heterocycles. The molecule has 5 nitrogen and oxygen atoms in total. The fraction of sp³-hybridized carbons (Fsp3) is 1.00. The SMILES string of the molecule is CCCC1CCC[Si](OC)(OC)C1OC.CCN.N. The van der Waals surface area contributed by atoms with Crippen molar-refractivity contribution in [3.8, 4) is 0 Å². The number of ether oxygens (including phenoxy) is 1. The third-order valence-corrected chi connectivity index (χ3v) is 7.57. The van der Waals surface area contributed by atoms with Gasteiger partial charge in [-0.15, -0.1) is 0 Å². The number of nitrogens with two attached hydrogens (primary N) is 1. The molecule has 0 radical (unpaired) electrons. The van der Waals surface area contributed by atoms with E-state index in [1.807, 2.05) is 6.92 Å².